The minimum Gasteiger partial charge on any atom is -0.497 e. The quantitative estimate of drug-likeness (QED) is 0.513. The molecule has 0 aliphatic carbocycles. The number of nitrogens with zero attached hydrogens (tertiary/aromatic N) is 1. The highest BCUT2D eigenvalue weighted by Gasteiger charge is 2.36. The predicted octanol–water partition coefficient (Wildman–Crippen LogP) is 4.92. The molecule has 1 saturated heterocycles. The average molecular weight is 505 g/mol. The number of thioether (sulfide) groups is 1. The van der Waals surface area contributed by atoms with Crippen LogP contribution >= 0.6 is 27.7 Å². The van der Waals surface area contributed by atoms with Crippen LogP contribution in [0.3, 0.4) is 0 Å². The fraction of sp³-hybridized carbons (Fsp3) is 0.227. The van der Waals surface area contributed by atoms with Crippen LogP contribution < -0.4 is 14.8 Å². The second kappa shape index (κ2) is 10.5. The van der Waals surface area contributed by atoms with Crippen LogP contribution in [-0.2, 0) is 9.59 Å². The van der Waals surface area contributed by atoms with Crippen LogP contribution in [0, 0.1) is 0 Å². The molecule has 31 heavy (non-hydrogen) atoms. The van der Waals surface area contributed by atoms with Crippen molar-refractivity contribution in [3.8, 4) is 11.5 Å². The maximum atomic E-state index is 12.8. The number of methoxy groups -OCH3 is 1. The van der Waals surface area contributed by atoms with E-state index in [1.165, 1.54) is 0 Å². The molecular weight excluding hydrogens is 484 g/mol. The van der Waals surface area contributed by atoms with Gasteiger partial charge in [-0.15, -0.1) is 0 Å². The average Bonchev–Trinajstić information content (AvgIpc) is 3.01. The number of carbonyl (C=O) groups is 3. The molecule has 9 heteroatoms. The Bertz CT molecular complexity index is 1020. The van der Waals surface area contributed by atoms with Gasteiger partial charge in [-0.05, 0) is 66.7 Å². The molecular formula is C22H21BrN2O5S. The zero-order valence-electron chi connectivity index (χ0n) is 17.0. The van der Waals surface area contributed by atoms with Crippen molar-refractivity contribution in [2.24, 2.45) is 0 Å². The van der Waals surface area contributed by atoms with E-state index in [0.717, 1.165) is 27.6 Å². The van der Waals surface area contributed by atoms with E-state index in [1.54, 1.807) is 43.5 Å². The lowest BCUT2D eigenvalue weighted by atomic mass is 10.2. The van der Waals surface area contributed by atoms with Crippen molar-refractivity contribution >= 4 is 56.5 Å². The van der Waals surface area contributed by atoms with Gasteiger partial charge in [0.15, 0.2) is 0 Å². The van der Waals surface area contributed by atoms with Gasteiger partial charge in [0.05, 0.1) is 18.6 Å². The first-order valence-corrected chi connectivity index (χ1v) is 11.1. The van der Waals surface area contributed by atoms with Crippen molar-refractivity contribution in [3.05, 3.63) is 57.4 Å². The number of carbonyl (C=O) groups excluding carboxylic acids is 3. The number of nitrogens with one attached hydrogen (secondary N) is 1. The maximum absolute atomic E-state index is 12.8. The monoisotopic (exact) mass is 504 g/mol. The fourth-order valence-corrected chi connectivity index (χ4v) is 3.98. The molecule has 2 aromatic carbocycles. The Morgan fingerprint density at radius 3 is 2.61 bits per heavy atom. The second-order valence-corrected chi connectivity index (χ2v) is 8.48. The van der Waals surface area contributed by atoms with Crippen LogP contribution in [-0.4, -0.2) is 42.2 Å². The molecule has 1 aliphatic heterocycles. The Morgan fingerprint density at radius 1 is 1.19 bits per heavy atom. The van der Waals surface area contributed by atoms with Crippen LogP contribution in [0.5, 0.6) is 11.5 Å². The molecule has 3 amide bonds. The van der Waals surface area contributed by atoms with Crippen molar-refractivity contribution in [1.29, 1.82) is 0 Å². The summed E-state index contributed by atoms with van der Waals surface area (Å²) in [5, 5.41) is 2.18. The van der Waals surface area contributed by atoms with E-state index in [2.05, 4.69) is 21.2 Å². The van der Waals surface area contributed by atoms with Gasteiger partial charge >= 0.3 is 0 Å². The van der Waals surface area contributed by atoms with Gasteiger partial charge in [-0.2, -0.15) is 0 Å². The number of benzene rings is 2. The van der Waals surface area contributed by atoms with Gasteiger partial charge < -0.3 is 14.8 Å². The van der Waals surface area contributed by atoms with Gasteiger partial charge in [-0.3, -0.25) is 19.3 Å². The number of anilines is 1. The first-order valence-electron chi connectivity index (χ1n) is 9.53. The summed E-state index contributed by atoms with van der Waals surface area (Å²) < 4.78 is 11.6. The normalized spacial score (nSPS) is 14.8. The van der Waals surface area contributed by atoms with Crippen LogP contribution in [0.25, 0.3) is 6.08 Å². The molecule has 3 rings (SSSR count). The molecule has 0 aromatic heterocycles. The molecule has 1 heterocycles. The fourth-order valence-electron chi connectivity index (χ4n) is 2.77. The Morgan fingerprint density at radius 2 is 1.94 bits per heavy atom. The zero-order valence-corrected chi connectivity index (χ0v) is 19.4. The molecule has 0 saturated carbocycles. The molecule has 1 fully saturated rings. The van der Waals surface area contributed by atoms with Gasteiger partial charge in [0.1, 0.15) is 18.0 Å². The Kier molecular flexibility index (Phi) is 7.75. The standard InChI is InChI=1S/C22H21BrN2O5S/c1-3-10-30-18-9-4-15(23)11-14(18)12-19-21(27)25(22(28)31-19)13-20(26)24-16-5-7-17(29-2)8-6-16/h4-9,11-12H,3,10,13H2,1-2H3,(H,24,26)/b19-12+. The third-order valence-electron chi connectivity index (χ3n) is 4.27. The maximum Gasteiger partial charge on any atom is 0.294 e. The number of amides is 3. The molecule has 0 spiro atoms. The molecule has 0 bridgehead atoms. The first kappa shape index (κ1) is 22.9. The lowest BCUT2D eigenvalue weighted by Crippen LogP contribution is -2.36. The van der Waals surface area contributed by atoms with E-state index >= 15 is 0 Å². The molecule has 7 nitrogen and oxygen atoms in total. The van der Waals surface area contributed by atoms with E-state index in [1.807, 2.05) is 19.1 Å². The second-order valence-electron chi connectivity index (χ2n) is 6.58. The van der Waals surface area contributed by atoms with Crippen LogP contribution in [0.2, 0.25) is 0 Å². The highest BCUT2D eigenvalue weighted by atomic mass is 79.9. The number of imide groups is 1. The summed E-state index contributed by atoms with van der Waals surface area (Å²) in [5.74, 6) is 0.294. The van der Waals surface area contributed by atoms with Crippen molar-refractivity contribution in [1.82, 2.24) is 4.90 Å². The number of rotatable bonds is 8. The molecule has 0 radical (unpaired) electrons. The molecule has 1 N–H and O–H groups in total. The zero-order chi connectivity index (χ0) is 22.4. The number of hydrogen-bond donors (Lipinski definition) is 1. The van der Waals surface area contributed by atoms with E-state index in [0.29, 0.717) is 29.4 Å². The Hall–Kier alpha value is -2.78. The third kappa shape index (κ3) is 5.89. The smallest absolute Gasteiger partial charge is 0.294 e. The number of halogens is 1. The highest BCUT2D eigenvalue weighted by Crippen LogP contribution is 2.35. The van der Waals surface area contributed by atoms with Crippen molar-refractivity contribution in [2.75, 3.05) is 25.6 Å². The van der Waals surface area contributed by atoms with Crippen molar-refractivity contribution in [2.45, 2.75) is 13.3 Å². The summed E-state index contributed by atoms with van der Waals surface area (Å²) in [6, 6.07) is 12.2. The van der Waals surface area contributed by atoms with E-state index < -0.39 is 17.1 Å². The lowest BCUT2D eigenvalue weighted by Gasteiger charge is -2.13. The number of ether oxygens (including phenoxy) is 2. The van der Waals surface area contributed by atoms with Crippen molar-refractivity contribution < 1.29 is 23.9 Å². The van der Waals surface area contributed by atoms with Gasteiger partial charge in [-0.25, -0.2) is 0 Å². The molecule has 2 aromatic rings. The van der Waals surface area contributed by atoms with Gasteiger partial charge in [0.2, 0.25) is 5.91 Å². The van der Waals surface area contributed by atoms with E-state index in [-0.39, 0.29) is 11.4 Å². The Balaban J connectivity index is 1.71. The molecule has 1 aliphatic rings. The van der Waals surface area contributed by atoms with Crippen LogP contribution in [0.1, 0.15) is 18.9 Å². The van der Waals surface area contributed by atoms with E-state index in [4.69, 9.17) is 9.47 Å². The van der Waals surface area contributed by atoms with Crippen LogP contribution in [0.4, 0.5) is 10.5 Å². The SMILES string of the molecule is CCCOc1ccc(Br)cc1/C=C1/SC(=O)N(CC(=O)Nc2ccc(OC)cc2)C1=O. The first-order chi connectivity index (χ1) is 14.9. The summed E-state index contributed by atoms with van der Waals surface area (Å²) in [4.78, 5) is 38.7. The van der Waals surface area contributed by atoms with Crippen LogP contribution in [0.15, 0.2) is 51.8 Å². The van der Waals surface area contributed by atoms with Gasteiger partial charge in [0.25, 0.3) is 11.1 Å². The summed E-state index contributed by atoms with van der Waals surface area (Å²) >= 11 is 4.21. The third-order valence-corrected chi connectivity index (χ3v) is 5.67. The summed E-state index contributed by atoms with van der Waals surface area (Å²) in [7, 11) is 1.55. The topological polar surface area (TPSA) is 84.9 Å². The lowest BCUT2D eigenvalue weighted by molar-refractivity contribution is -0.127. The summed E-state index contributed by atoms with van der Waals surface area (Å²) in [6.45, 7) is 2.17. The minimum atomic E-state index is -0.513. The highest BCUT2D eigenvalue weighted by molar-refractivity contribution is 9.10. The summed E-state index contributed by atoms with van der Waals surface area (Å²) in [5.41, 5.74) is 1.22. The molecule has 0 unspecified atom stereocenters. The largest absolute Gasteiger partial charge is 0.497 e. The molecule has 0 atom stereocenters. The van der Waals surface area contributed by atoms with Gasteiger partial charge in [-0.1, -0.05) is 22.9 Å². The van der Waals surface area contributed by atoms with Gasteiger partial charge in [0, 0.05) is 15.7 Å². The number of hydrogen-bond acceptors (Lipinski definition) is 6. The Labute approximate surface area is 192 Å². The summed E-state index contributed by atoms with van der Waals surface area (Å²) in [6.07, 6.45) is 2.46. The van der Waals surface area contributed by atoms with Crippen molar-refractivity contribution in [3.63, 3.8) is 0 Å². The predicted molar refractivity (Wildman–Crippen MR) is 124 cm³/mol. The minimum absolute atomic E-state index is 0.238. The van der Waals surface area contributed by atoms with E-state index in [9.17, 15) is 14.4 Å². The molecule has 162 valence electrons.